The number of nitrogens with two attached hydrogens (primary N) is 1. The molecule has 0 saturated carbocycles. The molecule has 4 unspecified atom stereocenters. The minimum atomic E-state index is -0.971. The predicted octanol–water partition coefficient (Wildman–Crippen LogP) is -0.896. The Morgan fingerprint density at radius 3 is 2.64 bits per heavy atom. The highest BCUT2D eigenvalue weighted by molar-refractivity contribution is 5.25. The number of ether oxygens (including phenoxy) is 1. The third-order valence-corrected chi connectivity index (χ3v) is 2.45. The van der Waals surface area contributed by atoms with E-state index in [9.17, 15) is 10.2 Å². The van der Waals surface area contributed by atoms with Gasteiger partial charge in [-0.3, -0.25) is 4.57 Å². The fraction of sp³-hybridized carbons (Fsp3) is 0.625. The van der Waals surface area contributed by atoms with Crippen molar-refractivity contribution < 1.29 is 14.9 Å². The largest absolute Gasteiger partial charge is 0.388 e. The predicted molar refractivity (Wildman–Crippen MR) is 48.2 cm³/mol. The van der Waals surface area contributed by atoms with Crippen molar-refractivity contribution in [3.8, 4) is 0 Å². The summed E-state index contributed by atoms with van der Waals surface area (Å²) < 4.78 is 6.85. The van der Waals surface area contributed by atoms with Crippen LogP contribution in [0.1, 0.15) is 13.2 Å². The van der Waals surface area contributed by atoms with E-state index in [0.29, 0.717) is 5.82 Å². The molecular weight excluding hydrogens is 186 g/mol. The number of hydrogen-bond donors (Lipinski definition) is 3. The normalized spacial score (nSPS) is 37.6. The van der Waals surface area contributed by atoms with Gasteiger partial charge in [-0.1, -0.05) is 0 Å². The maximum atomic E-state index is 9.64. The number of nitrogens with zero attached hydrogens (tertiary/aromatic N) is 2. The van der Waals surface area contributed by atoms with Crippen molar-refractivity contribution in [2.75, 3.05) is 5.73 Å². The van der Waals surface area contributed by atoms with Gasteiger partial charge >= 0.3 is 0 Å². The lowest BCUT2D eigenvalue weighted by molar-refractivity contribution is -0.0308. The number of aliphatic hydroxyl groups is 2. The van der Waals surface area contributed by atoms with Crippen molar-refractivity contribution >= 4 is 5.82 Å². The minimum absolute atomic E-state index is 0.398. The summed E-state index contributed by atoms with van der Waals surface area (Å²) in [4.78, 5) is 3.82. The molecule has 6 heteroatoms. The van der Waals surface area contributed by atoms with Crippen molar-refractivity contribution in [3.63, 3.8) is 0 Å². The Morgan fingerprint density at radius 2 is 2.21 bits per heavy atom. The first-order valence-corrected chi connectivity index (χ1v) is 4.40. The maximum Gasteiger partial charge on any atom is 0.165 e. The van der Waals surface area contributed by atoms with Gasteiger partial charge in [0, 0.05) is 0 Å². The molecule has 0 radical (unpaired) electrons. The van der Waals surface area contributed by atoms with Gasteiger partial charge in [0.2, 0.25) is 0 Å². The van der Waals surface area contributed by atoms with Crippen molar-refractivity contribution in [2.45, 2.75) is 31.5 Å². The van der Waals surface area contributed by atoms with Crippen LogP contribution in [0.3, 0.4) is 0 Å². The zero-order chi connectivity index (χ0) is 10.3. The fourth-order valence-electron chi connectivity index (χ4n) is 1.58. The molecule has 14 heavy (non-hydrogen) atoms. The lowest BCUT2D eigenvalue weighted by Gasteiger charge is -2.16. The minimum Gasteiger partial charge on any atom is -0.388 e. The van der Waals surface area contributed by atoms with Crippen LogP contribution in [0, 0.1) is 0 Å². The topological polar surface area (TPSA) is 93.5 Å². The number of aliphatic hydroxyl groups excluding tert-OH is 2. The molecule has 2 rings (SSSR count). The number of rotatable bonds is 1. The molecule has 6 nitrogen and oxygen atoms in total. The van der Waals surface area contributed by atoms with Crippen molar-refractivity contribution in [3.05, 3.63) is 12.5 Å². The summed E-state index contributed by atoms with van der Waals surface area (Å²) in [6.45, 7) is 1.70. The Balaban J connectivity index is 2.25. The molecule has 1 aliphatic rings. The molecular formula is C8H13N3O3. The van der Waals surface area contributed by atoms with Gasteiger partial charge in [0.05, 0.1) is 18.6 Å². The van der Waals surface area contributed by atoms with Crippen LogP contribution < -0.4 is 5.73 Å². The summed E-state index contributed by atoms with van der Waals surface area (Å²) in [6.07, 6.45) is 0.0157. The molecule has 0 spiro atoms. The molecule has 1 aromatic rings. The molecule has 78 valence electrons. The zero-order valence-electron chi connectivity index (χ0n) is 7.74. The van der Waals surface area contributed by atoms with Crippen LogP contribution in [-0.2, 0) is 4.74 Å². The van der Waals surface area contributed by atoms with Crippen LogP contribution in [-0.4, -0.2) is 38.1 Å². The second kappa shape index (κ2) is 3.23. The summed E-state index contributed by atoms with van der Waals surface area (Å²) >= 11 is 0. The Hall–Kier alpha value is -1.11. The van der Waals surface area contributed by atoms with Gasteiger partial charge in [0.1, 0.15) is 18.0 Å². The molecule has 2 heterocycles. The first-order chi connectivity index (χ1) is 6.61. The van der Waals surface area contributed by atoms with Crippen LogP contribution in [0.25, 0.3) is 0 Å². The Morgan fingerprint density at radius 1 is 1.50 bits per heavy atom. The molecule has 0 aliphatic carbocycles. The van der Waals surface area contributed by atoms with E-state index in [2.05, 4.69) is 4.98 Å². The molecule has 1 saturated heterocycles. The van der Waals surface area contributed by atoms with E-state index in [1.165, 1.54) is 17.1 Å². The fourth-order valence-corrected chi connectivity index (χ4v) is 1.58. The first-order valence-electron chi connectivity index (χ1n) is 4.40. The molecule has 0 bridgehead atoms. The van der Waals surface area contributed by atoms with Crippen molar-refractivity contribution in [1.82, 2.24) is 9.55 Å². The highest BCUT2D eigenvalue weighted by Gasteiger charge is 2.41. The summed E-state index contributed by atoms with van der Waals surface area (Å²) in [5, 5.41) is 19.1. The average Bonchev–Trinajstić information content (AvgIpc) is 2.66. The van der Waals surface area contributed by atoms with E-state index in [0.717, 1.165) is 0 Å². The van der Waals surface area contributed by atoms with E-state index in [4.69, 9.17) is 10.5 Å². The summed E-state index contributed by atoms with van der Waals surface area (Å²) in [7, 11) is 0. The lowest BCUT2D eigenvalue weighted by Crippen LogP contribution is -2.30. The van der Waals surface area contributed by atoms with E-state index in [1.807, 2.05) is 0 Å². The smallest absolute Gasteiger partial charge is 0.165 e. The van der Waals surface area contributed by atoms with Gasteiger partial charge in [-0.15, -0.1) is 0 Å². The van der Waals surface area contributed by atoms with Gasteiger partial charge in [0.25, 0.3) is 0 Å². The van der Waals surface area contributed by atoms with Crippen molar-refractivity contribution in [2.24, 2.45) is 0 Å². The van der Waals surface area contributed by atoms with Crippen LogP contribution in [0.5, 0.6) is 0 Å². The molecule has 1 aliphatic heterocycles. The van der Waals surface area contributed by atoms with Gasteiger partial charge in [0.15, 0.2) is 6.23 Å². The zero-order valence-corrected chi connectivity index (χ0v) is 7.74. The Kier molecular flexibility index (Phi) is 2.18. The quantitative estimate of drug-likeness (QED) is 0.545. The van der Waals surface area contributed by atoms with Gasteiger partial charge in [-0.2, -0.15) is 0 Å². The van der Waals surface area contributed by atoms with Crippen molar-refractivity contribution in [1.29, 1.82) is 0 Å². The highest BCUT2D eigenvalue weighted by atomic mass is 16.6. The monoisotopic (exact) mass is 199 g/mol. The van der Waals surface area contributed by atoms with Crippen LogP contribution in [0.4, 0.5) is 5.82 Å². The van der Waals surface area contributed by atoms with E-state index in [1.54, 1.807) is 6.92 Å². The second-order valence-electron chi connectivity index (χ2n) is 3.44. The lowest BCUT2D eigenvalue weighted by atomic mass is 10.1. The third kappa shape index (κ3) is 1.28. The van der Waals surface area contributed by atoms with Crippen LogP contribution in [0.2, 0.25) is 0 Å². The SMILES string of the molecule is CC1OC(n2cncc2N)C(O)C1O. The number of aromatic nitrogens is 2. The second-order valence-corrected chi connectivity index (χ2v) is 3.44. The van der Waals surface area contributed by atoms with Crippen LogP contribution in [0.15, 0.2) is 12.5 Å². The molecule has 4 atom stereocenters. The van der Waals surface area contributed by atoms with Crippen LogP contribution >= 0.6 is 0 Å². The average molecular weight is 199 g/mol. The maximum absolute atomic E-state index is 9.64. The molecule has 1 fully saturated rings. The molecule has 1 aromatic heterocycles. The van der Waals surface area contributed by atoms with E-state index in [-0.39, 0.29) is 0 Å². The molecule has 0 aromatic carbocycles. The van der Waals surface area contributed by atoms with E-state index < -0.39 is 24.5 Å². The Bertz CT molecular complexity index is 327. The van der Waals surface area contributed by atoms with Gasteiger partial charge in [-0.25, -0.2) is 4.98 Å². The summed E-state index contributed by atoms with van der Waals surface area (Å²) in [5.74, 6) is 0.398. The number of imidazole rings is 1. The Labute approximate surface area is 80.9 Å². The highest BCUT2D eigenvalue weighted by Crippen LogP contribution is 2.30. The number of nitrogen functional groups attached to an aromatic ring is 1. The molecule has 0 amide bonds. The van der Waals surface area contributed by atoms with Gasteiger partial charge in [-0.05, 0) is 6.92 Å². The number of anilines is 1. The standard InChI is InChI=1S/C8H13N3O3/c1-4-6(12)7(13)8(14-4)11-3-10-2-5(11)9/h2-4,6-8,12-13H,9H2,1H3. The summed E-state index contributed by atoms with van der Waals surface area (Å²) in [6, 6.07) is 0. The summed E-state index contributed by atoms with van der Waals surface area (Å²) in [5.41, 5.74) is 5.60. The van der Waals surface area contributed by atoms with Gasteiger partial charge < -0.3 is 20.7 Å². The first kappa shape index (κ1) is 9.45. The number of hydrogen-bond acceptors (Lipinski definition) is 5. The molecule has 4 N–H and O–H groups in total. The van der Waals surface area contributed by atoms with E-state index >= 15 is 0 Å². The third-order valence-electron chi connectivity index (χ3n) is 2.45.